The van der Waals surface area contributed by atoms with E-state index in [1.807, 2.05) is 37.5 Å². The summed E-state index contributed by atoms with van der Waals surface area (Å²) in [5.41, 5.74) is 14.7. The van der Waals surface area contributed by atoms with Crippen molar-refractivity contribution in [2.45, 2.75) is 86.4 Å². The number of ether oxygens (including phenoxy) is 3. The van der Waals surface area contributed by atoms with Crippen LogP contribution in [-0.2, 0) is 30.7 Å². The molecular formula is C46H53N11O8S. The summed E-state index contributed by atoms with van der Waals surface area (Å²) in [7, 11) is 3.16. The van der Waals surface area contributed by atoms with Gasteiger partial charge in [-0.1, -0.05) is 26.0 Å². The van der Waals surface area contributed by atoms with Gasteiger partial charge in [-0.2, -0.15) is 0 Å². The number of nitrogens with two attached hydrogens (primary N) is 2. The minimum atomic E-state index is -0.705. The molecule has 7 aromatic rings. The van der Waals surface area contributed by atoms with Gasteiger partial charge in [0, 0.05) is 61.7 Å². The van der Waals surface area contributed by atoms with E-state index in [-0.39, 0.29) is 48.3 Å². The SMILES string of the molecule is CCc1nc(C)oc1C(=O)Nc1nc2cc(C(N)=O)cc(OCCCN(C)C(=O)OC(C)(C)C)c2n1C/C=C/Cn1c2nc(-c3sc(C)nc3CC)ncc2c2cc(C(N)=O)cc(OC)c21. The lowest BCUT2D eigenvalue weighted by molar-refractivity contribution is 0.0291. The van der Waals surface area contributed by atoms with Gasteiger partial charge < -0.3 is 44.1 Å². The van der Waals surface area contributed by atoms with Crippen LogP contribution >= 0.6 is 11.3 Å². The Morgan fingerprint density at radius 3 is 2.23 bits per heavy atom. The summed E-state index contributed by atoms with van der Waals surface area (Å²) >= 11 is 1.52. The molecule has 66 heavy (non-hydrogen) atoms. The van der Waals surface area contributed by atoms with Crippen molar-refractivity contribution in [2.24, 2.45) is 11.5 Å². The molecular weight excluding hydrogens is 867 g/mol. The van der Waals surface area contributed by atoms with Crippen LogP contribution in [0.1, 0.15) is 94.6 Å². The molecule has 20 heteroatoms. The highest BCUT2D eigenvalue weighted by molar-refractivity contribution is 7.15. The second kappa shape index (κ2) is 19.0. The lowest BCUT2D eigenvalue weighted by Crippen LogP contribution is -2.35. The van der Waals surface area contributed by atoms with E-state index in [4.69, 9.17) is 45.0 Å². The topological polar surface area (TPSA) is 251 Å². The molecule has 0 bridgehead atoms. The van der Waals surface area contributed by atoms with Crippen LogP contribution in [0.2, 0.25) is 0 Å². The Morgan fingerprint density at radius 1 is 0.879 bits per heavy atom. The number of thiazole rings is 1. The number of nitrogens with one attached hydrogen (secondary N) is 1. The highest BCUT2D eigenvalue weighted by Gasteiger charge is 2.25. The zero-order chi connectivity index (χ0) is 47.6. The normalized spacial score (nSPS) is 11.8. The second-order valence-electron chi connectivity index (χ2n) is 16.5. The quantitative estimate of drug-likeness (QED) is 0.0608. The van der Waals surface area contributed by atoms with Crippen LogP contribution in [0.5, 0.6) is 11.5 Å². The lowest BCUT2D eigenvalue weighted by Gasteiger charge is -2.24. The zero-order valence-corrected chi connectivity index (χ0v) is 39.2. The average molecular weight is 920 g/mol. The smallest absolute Gasteiger partial charge is 0.410 e. The standard InChI is InChI=1S/C46H53N11O8S/c1-10-30-37(64-24(3)50-30)43(60)54-44-52-32-20-27(40(48)59)22-34(63-18-14-15-55(8)45(61)65-46(5,6)7)36(32)57(44)17-13-12-16-56-35-28(19-26(39(47)58)21-33(35)62-9)29-23-49-41(53-42(29)56)38-31(11-2)51-25(4)66-38/h12-13,19-23H,10-11,14-18H2,1-9H3,(H2,47,58)(H2,48,59)(H,52,54,60)/b13-12+. The Hall–Kier alpha value is -7.35. The number of aryl methyl sites for hydroxylation is 4. The van der Waals surface area contributed by atoms with E-state index in [0.29, 0.717) is 81.9 Å². The Bertz CT molecular complexity index is 3050. The van der Waals surface area contributed by atoms with Crippen molar-refractivity contribution in [3.63, 3.8) is 0 Å². The maximum absolute atomic E-state index is 13.8. The number of methoxy groups -OCH3 is 1. The van der Waals surface area contributed by atoms with E-state index in [2.05, 4.69) is 15.3 Å². The van der Waals surface area contributed by atoms with E-state index in [1.165, 1.54) is 35.5 Å². The minimum Gasteiger partial charge on any atom is -0.495 e. The fourth-order valence-corrected chi connectivity index (χ4v) is 8.46. The summed E-state index contributed by atoms with van der Waals surface area (Å²) < 4.78 is 27.1. The number of imidazole rings is 1. The van der Waals surface area contributed by atoms with E-state index in [9.17, 15) is 19.2 Å². The number of fused-ring (bicyclic) bond motifs is 4. The highest BCUT2D eigenvalue weighted by atomic mass is 32.1. The average Bonchev–Trinajstić information content (AvgIpc) is 4.03. The van der Waals surface area contributed by atoms with E-state index in [0.717, 1.165) is 15.6 Å². The van der Waals surface area contributed by atoms with Gasteiger partial charge in [0.15, 0.2) is 11.7 Å². The molecule has 0 saturated carbocycles. The van der Waals surface area contributed by atoms with Crippen LogP contribution in [0.3, 0.4) is 0 Å². The molecule has 0 unspecified atom stereocenters. The van der Waals surface area contributed by atoms with Crippen molar-refractivity contribution in [1.82, 2.24) is 39.0 Å². The number of hydrogen-bond acceptors (Lipinski definition) is 14. The lowest BCUT2D eigenvalue weighted by atomic mass is 10.1. The molecule has 0 aliphatic heterocycles. The predicted octanol–water partition coefficient (Wildman–Crippen LogP) is 7.14. The van der Waals surface area contributed by atoms with E-state index < -0.39 is 29.4 Å². The molecule has 0 spiro atoms. The third kappa shape index (κ3) is 9.68. The number of oxazole rings is 1. The third-order valence-corrected chi connectivity index (χ3v) is 11.5. The number of allylic oxidation sites excluding steroid dienone is 2. The predicted molar refractivity (Wildman–Crippen MR) is 250 cm³/mol. The third-order valence-electron chi connectivity index (χ3n) is 10.5. The van der Waals surface area contributed by atoms with E-state index in [1.54, 1.807) is 57.6 Å². The second-order valence-corrected chi connectivity index (χ2v) is 17.7. The fourth-order valence-electron chi connectivity index (χ4n) is 7.51. The number of hydrogen-bond donors (Lipinski definition) is 3. The van der Waals surface area contributed by atoms with Gasteiger partial charge >= 0.3 is 6.09 Å². The first-order chi connectivity index (χ1) is 31.4. The molecule has 0 saturated heterocycles. The number of rotatable bonds is 17. The van der Waals surface area contributed by atoms with Gasteiger partial charge in [-0.25, -0.2) is 29.7 Å². The van der Waals surface area contributed by atoms with Gasteiger partial charge in [-0.3, -0.25) is 19.7 Å². The molecule has 0 aliphatic carbocycles. The minimum absolute atomic E-state index is 0.0493. The van der Waals surface area contributed by atoms with Crippen LogP contribution in [0.15, 0.2) is 47.0 Å². The van der Waals surface area contributed by atoms with Crippen molar-refractivity contribution in [3.8, 4) is 22.2 Å². The largest absolute Gasteiger partial charge is 0.495 e. The van der Waals surface area contributed by atoms with Crippen LogP contribution in [0, 0.1) is 13.8 Å². The summed E-state index contributed by atoms with van der Waals surface area (Å²) in [5.74, 6) is -0.150. The maximum atomic E-state index is 13.8. The van der Waals surface area contributed by atoms with Gasteiger partial charge in [0.1, 0.15) is 28.3 Å². The van der Waals surface area contributed by atoms with Crippen molar-refractivity contribution in [3.05, 3.63) is 81.8 Å². The molecule has 0 atom stereocenters. The molecule has 346 valence electrons. The van der Waals surface area contributed by atoms with Crippen molar-refractivity contribution in [1.29, 1.82) is 0 Å². The molecule has 0 aliphatic rings. The van der Waals surface area contributed by atoms with Gasteiger partial charge in [-0.15, -0.1) is 11.3 Å². The summed E-state index contributed by atoms with van der Waals surface area (Å²) in [4.78, 5) is 77.5. The van der Waals surface area contributed by atoms with Crippen LogP contribution in [0.25, 0.3) is 43.7 Å². The van der Waals surface area contributed by atoms with Gasteiger partial charge in [0.25, 0.3) is 5.91 Å². The Morgan fingerprint density at radius 2 is 1.56 bits per heavy atom. The number of amides is 4. The first kappa shape index (κ1) is 46.6. The zero-order valence-electron chi connectivity index (χ0n) is 38.4. The first-order valence-corrected chi connectivity index (χ1v) is 22.2. The number of carbonyl (C=O) groups is 4. The number of benzene rings is 2. The van der Waals surface area contributed by atoms with Crippen LogP contribution < -0.4 is 26.3 Å². The first-order valence-electron chi connectivity index (χ1n) is 21.4. The van der Waals surface area contributed by atoms with Crippen molar-refractivity contribution in [2.75, 3.05) is 32.6 Å². The highest BCUT2D eigenvalue weighted by Crippen LogP contribution is 2.38. The van der Waals surface area contributed by atoms with Crippen LogP contribution in [0.4, 0.5) is 10.7 Å². The van der Waals surface area contributed by atoms with Gasteiger partial charge in [0.05, 0.1) is 46.0 Å². The molecule has 0 radical (unpaired) electrons. The summed E-state index contributed by atoms with van der Waals surface area (Å²) in [6, 6.07) is 6.37. The summed E-state index contributed by atoms with van der Waals surface area (Å²) in [5, 5.41) is 5.16. The molecule has 2 aromatic carbocycles. The number of carbonyl (C=O) groups excluding carboxylic acids is 4. The monoisotopic (exact) mass is 919 g/mol. The summed E-state index contributed by atoms with van der Waals surface area (Å²) in [6.07, 6.45) is 6.65. The van der Waals surface area contributed by atoms with Gasteiger partial charge in [-0.05, 0) is 71.2 Å². The molecule has 5 aromatic heterocycles. The fraction of sp³-hybridized carbons (Fsp3) is 0.370. The number of anilines is 1. The summed E-state index contributed by atoms with van der Waals surface area (Å²) in [6.45, 7) is 13.8. The Kier molecular flexibility index (Phi) is 13.4. The maximum Gasteiger partial charge on any atom is 0.410 e. The Labute approximate surface area is 384 Å². The molecule has 7 rings (SSSR count). The molecule has 0 fully saturated rings. The number of primary amides is 2. The van der Waals surface area contributed by atoms with Crippen molar-refractivity contribution >= 4 is 74.1 Å². The molecule has 5 N–H and O–H groups in total. The van der Waals surface area contributed by atoms with Crippen molar-refractivity contribution < 1.29 is 37.8 Å². The molecule has 19 nitrogen and oxygen atoms in total. The van der Waals surface area contributed by atoms with Crippen LogP contribution in [-0.4, -0.2) is 95.7 Å². The molecule has 5 heterocycles. The van der Waals surface area contributed by atoms with Gasteiger partial charge in [0.2, 0.25) is 23.5 Å². The molecule has 4 amide bonds. The number of aromatic nitrogens is 7. The van der Waals surface area contributed by atoms with E-state index >= 15 is 0 Å². The Balaban J connectivity index is 1.29. The number of nitrogens with zero attached hydrogens (tertiary/aromatic N) is 8.